The minimum atomic E-state index is -4.76. The van der Waals surface area contributed by atoms with E-state index in [1.807, 2.05) is 4.90 Å². The van der Waals surface area contributed by atoms with Crippen molar-refractivity contribution >= 4 is 12.2 Å². The second kappa shape index (κ2) is 8.15. The van der Waals surface area contributed by atoms with E-state index < -0.39 is 6.36 Å². The number of morpholine rings is 1. The minimum Gasteiger partial charge on any atom is -0.406 e. The third-order valence-electron chi connectivity index (χ3n) is 4.50. The van der Waals surface area contributed by atoms with Crippen LogP contribution in [0.3, 0.4) is 0 Å². The van der Waals surface area contributed by atoms with Crippen LogP contribution in [0.25, 0.3) is 17.1 Å². The molecule has 0 saturated carbocycles. The summed E-state index contributed by atoms with van der Waals surface area (Å²) in [4.78, 5) is 17.5. The van der Waals surface area contributed by atoms with Crippen molar-refractivity contribution in [2.24, 2.45) is 0 Å². The van der Waals surface area contributed by atoms with Gasteiger partial charge in [0.05, 0.1) is 18.9 Å². The predicted octanol–water partition coefficient (Wildman–Crippen LogP) is 3.48. The molecule has 1 aliphatic rings. The number of nitrogens with zero attached hydrogens (tertiary/aromatic N) is 4. The molecule has 0 bridgehead atoms. The zero-order valence-corrected chi connectivity index (χ0v) is 15.7. The zero-order valence-electron chi connectivity index (χ0n) is 15.7. The fraction of sp³-hybridized carbons (Fsp3) is 0.250. The number of aromatic nitrogens is 3. The number of aldehydes is 1. The molecule has 2 heterocycles. The zero-order chi connectivity index (χ0) is 21.1. The summed E-state index contributed by atoms with van der Waals surface area (Å²) < 4.78 is 48.2. The maximum atomic E-state index is 12.4. The molecule has 0 unspecified atom stereocenters. The first-order chi connectivity index (χ1) is 14.4. The Kier molecular flexibility index (Phi) is 5.40. The van der Waals surface area contributed by atoms with Crippen LogP contribution in [0.2, 0.25) is 0 Å². The molecule has 2 aromatic carbocycles. The highest BCUT2D eigenvalue weighted by Gasteiger charge is 2.31. The summed E-state index contributed by atoms with van der Waals surface area (Å²) >= 11 is 0. The fourth-order valence-electron chi connectivity index (χ4n) is 3.07. The molecule has 0 spiro atoms. The molecule has 0 atom stereocenters. The Bertz CT molecular complexity index is 1010. The number of hydrogen-bond donors (Lipinski definition) is 0. The van der Waals surface area contributed by atoms with Gasteiger partial charge in [-0.05, 0) is 24.3 Å². The Morgan fingerprint density at radius 2 is 1.67 bits per heavy atom. The summed E-state index contributed by atoms with van der Waals surface area (Å²) in [5, 5.41) is 4.56. The molecule has 1 saturated heterocycles. The highest BCUT2D eigenvalue weighted by molar-refractivity contribution is 5.76. The van der Waals surface area contributed by atoms with E-state index in [0.717, 1.165) is 6.29 Å². The van der Waals surface area contributed by atoms with E-state index in [9.17, 15) is 18.0 Å². The van der Waals surface area contributed by atoms with E-state index in [-0.39, 0.29) is 5.75 Å². The number of carbonyl (C=O) groups is 1. The number of anilines is 1. The Labute approximate surface area is 169 Å². The average Bonchev–Trinajstić information content (AvgIpc) is 3.19. The third kappa shape index (κ3) is 4.43. The van der Waals surface area contributed by atoms with Gasteiger partial charge in [-0.3, -0.25) is 4.79 Å². The summed E-state index contributed by atoms with van der Waals surface area (Å²) in [7, 11) is 0. The summed E-state index contributed by atoms with van der Waals surface area (Å²) in [5.74, 6) is 0.672. The Balaban J connectivity index is 1.71. The molecule has 0 aliphatic carbocycles. The molecular formula is C20H17F3N4O3. The lowest BCUT2D eigenvalue weighted by Crippen LogP contribution is -2.37. The van der Waals surface area contributed by atoms with Crippen molar-refractivity contribution in [2.75, 3.05) is 31.2 Å². The van der Waals surface area contributed by atoms with E-state index in [1.54, 1.807) is 28.9 Å². The average molecular weight is 418 g/mol. The first-order valence-electron chi connectivity index (χ1n) is 9.14. The van der Waals surface area contributed by atoms with Crippen molar-refractivity contribution in [1.29, 1.82) is 0 Å². The first-order valence-corrected chi connectivity index (χ1v) is 9.14. The smallest absolute Gasteiger partial charge is 0.406 e. The molecule has 1 fully saturated rings. The van der Waals surface area contributed by atoms with Gasteiger partial charge < -0.3 is 14.4 Å². The second-order valence-electron chi connectivity index (χ2n) is 6.53. The Morgan fingerprint density at radius 3 is 2.27 bits per heavy atom. The highest BCUT2D eigenvalue weighted by atomic mass is 19.4. The van der Waals surface area contributed by atoms with E-state index in [4.69, 9.17) is 4.74 Å². The summed E-state index contributed by atoms with van der Waals surface area (Å²) in [6, 6.07) is 12.2. The minimum absolute atomic E-state index is 0.316. The van der Waals surface area contributed by atoms with E-state index in [1.165, 1.54) is 24.3 Å². The van der Waals surface area contributed by atoms with Gasteiger partial charge in [0.2, 0.25) is 5.95 Å². The van der Waals surface area contributed by atoms with Gasteiger partial charge in [0.25, 0.3) is 0 Å². The third-order valence-corrected chi connectivity index (χ3v) is 4.50. The van der Waals surface area contributed by atoms with Crippen LogP contribution >= 0.6 is 0 Å². The maximum Gasteiger partial charge on any atom is 0.573 e. The molecule has 0 N–H and O–H groups in total. The maximum absolute atomic E-state index is 12.4. The molecule has 30 heavy (non-hydrogen) atoms. The normalized spacial score (nSPS) is 14.6. The predicted molar refractivity (Wildman–Crippen MR) is 102 cm³/mol. The van der Waals surface area contributed by atoms with Crippen LogP contribution < -0.4 is 9.64 Å². The summed E-state index contributed by atoms with van der Waals surface area (Å²) in [6.45, 7) is 2.29. The standard InChI is InChI=1S/C20H17F3N4O3/c21-20(22,23)30-17-7-5-16(6-8-17)27-19(26-9-11-29-12-10-26)24-18(25-27)15-3-1-14(13-28)2-4-15/h1-8,13H,9-12H2. The molecule has 1 aliphatic heterocycles. The van der Waals surface area contributed by atoms with Gasteiger partial charge in [0, 0.05) is 24.2 Å². The van der Waals surface area contributed by atoms with Crippen molar-refractivity contribution in [3.05, 3.63) is 54.1 Å². The van der Waals surface area contributed by atoms with Gasteiger partial charge >= 0.3 is 6.36 Å². The van der Waals surface area contributed by atoms with Crippen LogP contribution in [0.15, 0.2) is 48.5 Å². The Hall–Kier alpha value is -3.40. The van der Waals surface area contributed by atoms with Crippen LogP contribution in [0.4, 0.5) is 19.1 Å². The molecule has 3 aromatic rings. The van der Waals surface area contributed by atoms with Gasteiger partial charge in [-0.2, -0.15) is 9.67 Å². The van der Waals surface area contributed by atoms with E-state index in [0.29, 0.717) is 54.9 Å². The van der Waals surface area contributed by atoms with Crippen molar-refractivity contribution in [3.63, 3.8) is 0 Å². The molecular weight excluding hydrogens is 401 g/mol. The van der Waals surface area contributed by atoms with Crippen LogP contribution in [-0.4, -0.2) is 53.7 Å². The van der Waals surface area contributed by atoms with Crippen molar-refractivity contribution in [2.45, 2.75) is 6.36 Å². The molecule has 0 amide bonds. The van der Waals surface area contributed by atoms with Crippen LogP contribution in [0.5, 0.6) is 5.75 Å². The largest absolute Gasteiger partial charge is 0.573 e. The Morgan fingerprint density at radius 1 is 1.00 bits per heavy atom. The van der Waals surface area contributed by atoms with Gasteiger partial charge in [-0.1, -0.05) is 24.3 Å². The number of ether oxygens (including phenoxy) is 2. The van der Waals surface area contributed by atoms with Gasteiger partial charge in [-0.25, -0.2) is 0 Å². The second-order valence-corrected chi connectivity index (χ2v) is 6.53. The topological polar surface area (TPSA) is 69.5 Å². The van der Waals surface area contributed by atoms with Crippen molar-refractivity contribution < 1.29 is 27.4 Å². The number of benzene rings is 2. The molecule has 156 valence electrons. The van der Waals surface area contributed by atoms with Crippen LogP contribution in [0, 0.1) is 0 Å². The van der Waals surface area contributed by atoms with Gasteiger partial charge in [-0.15, -0.1) is 18.3 Å². The molecule has 1 aromatic heterocycles. The first kappa shape index (κ1) is 19.9. The molecule has 10 heteroatoms. The SMILES string of the molecule is O=Cc1ccc(-c2nc(N3CCOCC3)n(-c3ccc(OC(F)(F)F)cc3)n2)cc1. The van der Waals surface area contributed by atoms with Crippen molar-refractivity contribution in [1.82, 2.24) is 14.8 Å². The summed E-state index contributed by atoms with van der Waals surface area (Å²) in [6.07, 6.45) is -4.01. The number of carbonyl (C=O) groups excluding carboxylic acids is 1. The quantitative estimate of drug-likeness (QED) is 0.591. The van der Waals surface area contributed by atoms with Gasteiger partial charge in [0.15, 0.2) is 5.82 Å². The van der Waals surface area contributed by atoms with Crippen LogP contribution in [0.1, 0.15) is 10.4 Å². The van der Waals surface area contributed by atoms with E-state index >= 15 is 0 Å². The van der Waals surface area contributed by atoms with E-state index in [2.05, 4.69) is 14.8 Å². The van der Waals surface area contributed by atoms with Crippen molar-refractivity contribution in [3.8, 4) is 22.8 Å². The summed E-state index contributed by atoms with van der Waals surface area (Å²) in [5.41, 5.74) is 1.78. The van der Waals surface area contributed by atoms with Gasteiger partial charge in [0.1, 0.15) is 12.0 Å². The monoisotopic (exact) mass is 418 g/mol. The lowest BCUT2D eigenvalue weighted by atomic mass is 10.1. The number of rotatable bonds is 5. The number of halogens is 3. The fourth-order valence-corrected chi connectivity index (χ4v) is 3.07. The lowest BCUT2D eigenvalue weighted by Gasteiger charge is -2.27. The lowest BCUT2D eigenvalue weighted by molar-refractivity contribution is -0.274. The van der Waals surface area contributed by atoms with Crippen LogP contribution in [-0.2, 0) is 4.74 Å². The molecule has 7 nitrogen and oxygen atoms in total. The molecule has 0 radical (unpaired) electrons. The number of hydrogen-bond acceptors (Lipinski definition) is 6. The molecule has 4 rings (SSSR count). The number of alkyl halides is 3. The highest BCUT2D eigenvalue weighted by Crippen LogP contribution is 2.27.